The lowest BCUT2D eigenvalue weighted by Crippen LogP contribution is -2.41. The molecule has 2 fully saturated rings. The number of carbonyl (C=O) groups excluding carboxylic acids is 1. The fourth-order valence-corrected chi connectivity index (χ4v) is 5.67. The van der Waals surface area contributed by atoms with Crippen LogP contribution in [0.1, 0.15) is 63.9 Å². The molecule has 0 spiro atoms. The second kappa shape index (κ2) is 9.20. The summed E-state index contributed by atoms with van der Waals surface area (Å²) in [4.78, 5) is 12.6. The van der Waals surface area contributed by atoms with Crippen LogP contribution in [0.2, 0.25) is 0 Å². The van der Waals surface area contributed by atoms with Gasteiger partial charge in [-0.1, -0.05) is 38.3 Å². The molecule has 27 heavy (non-hydrogen) atoms. The average Bonchev–Trinajstić information content (AvgIpc) is 2.69. The molecule has 1 saturated heterocycles. The Kier molecular flexibility index (Phi) is 6.93. The Hall–Kier alpha value is -1.40. The summed E-state index contributed by atoms with van der Waals surface area (Å²) in [5.41, 5.74) is 0.999. The molecule has 1 aliphatic heterocycles. The first-order valence-corrected chi connectivity index (χ1v) is 11.8. The quantitative estimate of drug-likeness (QED) is 0.806. The van der Waals surface area contributed by atoms with Crippen molar-refractivity contribution in [3.8, 4) is 0 Å². The molecule has 1 aromatic rings. The van der Waals surface area contributed by atoms with Crippen LogP contribution in [-0.4, -0.2) is 37.8 Å². The van der Waals surface area contributed by atoms with Crippen molar-refractivity contribution in [2.75, 3.05) is 13.1 Å². The molecule has 1 amide bonds. The number of nitrogens with one attached hydrogen (secondary N) is 1. The smallest absolute Gasteiger partial charge is 0.243 e. The van der Waals surface area contributed by atoms with Crippen molar-refractivity contribution >= 4 is 15.9 Å². The predicted molar refractivity (Wildman–Crippen MR) is 107 cm³/mol. The third kappa shape index (κ3) is 5.32. The van der Waals surface area contributed by atoms with Crippen molar-refractivity contribution in [1.82, 2.24) is 9.62 Å². The van der Waals surface area contributed by atoms with Gasteiger partial charge in [-0.25, -0.2) is 8.42 Å². The first-order valence-electron chi connectivity index (χ1n) is 10.4. The molecule has 1 heterocycles. The molecule has 0 aromatic heterocycles. The number of aryl methyl sites for hydroxylation is 1. The van der Waals surface area contributed by atoms with E-state index >= 15 is 0 Å². The van der Waals surface area contributed by atoms with Gasteiger partial charge in [0, 0.05) is 25.6 Å². The number of rotatable bonds is 6. The van der Waals surface area contributed by atoms with Crippen molar-refractivity contribution in [2.45, 2.75) is 75.6 Å². The zero-order valence-electron chi connectivity index (χ0n) is 16.3. The highest BCUT2D eigenvalue weighted by Crippen LogP contribution is 2.24. The number of sulfonamides is 1. The standard InChI is InChI=1S/C21H32N2O3S/c1-17-7-3-4-8-20(17)22-21(24)14-11-18-9-12-19(13-10-18)27(25,26)23-15-5-2-6-16-23/h9-10,12-13,17,20H,2-8,11,14-16H2,1H3,(H,22,24)/t17-,20+/m0/s1. The lowest BCUT2D eigenvalue weighted by Gasteiger charge is -2.29. The van der Waals surface area contributed by atoms with Gasteiger partial charge in [0.25, 0.3) is 0 Å². The molecule has 1 saturated carbocycles. The number of benzene rings is 1. The second-order valence-electron chi connectivity index (χ2n) is 8.04. The van der Waals surface area contributed by atoms with Crippen LogP contribution in [0.4, 0.5) is 0 Å². The number of nitrogens with zero attached hydrogens (tertiary/aromatic N) is 1. The van der Waals surface area contributed by atoms with E-state index in [2.05, 4.69) is 12.2 Å². The average molecular weight is 393 g/mol. The highest BCUT2D eigenvalue weighted by Gasteiger charge is 2.26. The fourth-order valence-electron chi connectivity index (χ4n) is 4.15. The largest absolute Gasteiger partial charge is 0.353 e. The molecule has 1 aliphatic carbocycles. The number of amides is 1. The molecular formula is C21H32N2O3S. The summed E-state index contributed by atoms with van der Waals surface area (Å²) < 4.78 is 26.9. The van der Waals surface area contributed by atoms with Crippen LogP contribution >= 0.6 is 0 Å². The van der Waals surface area contributed by atoms with E-state index in [0.717, 1.165) is 31.2 Å². The molecule has 2 aliphatic rings. The van der Waals surface area contributed by atoms with Crippen LogP contribution in [0.25, 0.3) is 0 Å². The van der Waals surface area contributed by atoms with Crippen LogP contribution in [-0.2, 0) is 21.2 Å². The lowest BCUT2D eigenvalue weighted by atomic mass is 9.86. The highest BCUT2D eigenvalue weighted by molar-refractivity contribution is 7.89. The van der Waals surface area contributed by atoms with E-state index in [0.29, 0.717) is 42.8 Å². The van der Waals surface area contributed by atoms with E-state index in [1.807, 2.05) is 12.1 Å². The number of piperidine rings is 1. The molecule has 6 heteroatoms. The lowest BCUT2D eigenvalue weighted by molar-refractivity contribution is -0.122. The summed E-state index contributed by atoms with van der Waals surface area (Å²) in [6, 6.07) is 7.35. The maximum atomic E-state index is 12.7. The first kappa shape index (κ1) is 20.3. The molecule has 150 valence electrons. The second-order valence-corrected chi connectivity index (χ2v) is 9.98. The van der Waals surface area contributed by atoms with Crippen molar-refractivity contribution in [1.29, 1.82) is 0 Å². The minimum atomic E-state index is -3.38. The molecule has 0 radical (unpaired) electrons. The zero-order chi connectivity index (χ0) is 19.3. The van der Waals surface area contributed by atoms with Crippen molar-refractivity contribution in [3.05, 3.63) is 29.8 Å². The van der Waals surface area contributed by atoms with Gasteiger partial charge in [0.2, 0.25) is 15.9 Å². The molecule has 1 N–H and O–H groups in total. The summed E-state index contributed by atoms with van der Waals surface area (Å²) >= 11 is 0. The van der Waals surface area contributed by atoms with E-state index in [1.54, 1.807) is 16.4 Å². The normalized spacial score (nSPS) is 24.5. The maximum absolute atomic E-state index is 12.7. The van der Waals surface area contributed by atoms with Crippen LogP contribution < -0.4 is 5.32 Å². The molecule has 0 unspecified atom stereocenters. The van der Waals surface area contributed by atoms with Gasteiger partial charge >= 0.3 is 0 Å². The Morgan fingerprint density at radius 2 is 1.70 bits per heavy atom. The van der Waals surface area contributed by atoms with E-state index in [9.17, 15) is 13.2 Å². The topological polar surface area (TPSA) is 66.5 Å². The predicted octanol–water partition coefficient (Wildman–Crippen LogP) is 3.49. The minimum absolute atomic E-state index is 0.0961. The van der Waals surface area contributed by atoms with Gasteiger partial charge in [0.15, 0.2) is 0 Å². The van der Waals surface area contributed by atoms with Gasteiger partial charge in [-0.15, -0.1) is 0 Å². The molecule has 1 aromatic carbocycles. The van der Waals surface area contributed by atoms with Gasteiger partial charge in [-0.3, -0.25) is 4.79 Å². The summed E-state index contributed by atoms with van der Waals surface area (Å²) in [6.45, 7) is 3.44. The van der Waals surface area contributed by atoms with Crippen molar-refractivity contribution in [2.24, 2.45) is 5.92 Å². The molecule has 0 bridgehead atoms. The highest BCUT2D eigenvalue weighted by atomic mass is 32.2. The first-order chi connectivity index (χ1) is 13.0. The Morgan fingerprint density at radius 1 is 1.04 bits per heavy atom. The van der Waals surface area contributed by atoms with Crippen LogP contribution in [0.3, 0.4) is 0 Å². The van der Waals surface area contributed by atoms with E-state index in [-0.39, 0.29) is 5.91 Å². The van der Waals surface area contributed by atoms with Gasteiger partial charge in [-0.05, 0) is 55.7 Å². The minimum Gasteiger partial charge on any atom is -0.353 e. The molecular weight excluding hydrogens is 360 g/mol. The van der Waals surface area contributed by atoms with E-state index < -0.39 is 10.0 Å². The van der Waals surface area contributed by atoms with Crippen LogP contribution in [0.5, 0.6) is 0 Å². The SMILES string of the molecule is C[C@H]1CCCC[C@H]1NC(=O)CCc1ccc(S(=O)(=O)N2CCCCC2)cc1. The number of hydrogen-bond acceptors (Lipinski definition) is 3. The van der Waals surface area contributed by atoms with Gasteiger partial charge in [0.1, 0.15) is 0 Å². The Balaban J connectivity index is 1.52. The number of hydrogen-bond donors (Lipinski definition) is 1. The van der Waals surface area contributed by atoms with Crippen LogP contribution in [0, 0.1) is 5.92 Å². The number of carbonyl (C=O) groups is 1. The van der Waals surface area contributed by atoms with Crippen molar-refractivity contribution < 1.29 is 13.2 Å². The van der Waals surface area contributed by atoms with Crippen molar-refractivity contribution in [3.63, 3.8) is 0 Å². The Morgan fingerprint density at radius 3 is 2.37 bits per heavy atom. The Labute approximate surface area is 163 Å². The Bertz CT molecular complexity index is 724. The van der Waals surface area contributed by atoms with E-state index in [4.69, 9.17) is 0 Å². The van der Waals surface area contributed by atoms with Gasteiger partial charge in [0.05, 0.1) is 4.90 Å². The molecule has 3 rings (SSSR count). The summed E-state index contributed by atoms with van der Waals surface area (Å²) in [5.74, 6) is 0.653. The monoisotopic (exact) mass is 392 g/mol. The fraction of sp³-hybridized carbons (Fsp3) is 0.667. The summed E-state index contributed by atoms with van der Waals surface area (Å²) in [6.07, 6.45) is 8.79. The molecule has 5 nitrogen and oxygen atoms in total. The zero-order valence-corrected chi connectivity index (χ0v) is 17.1. The van der Waals surface area contributed by atoms with Gasteiger partial charge in [-0.2, -0.15) is 4.31 Å². The maximum Gasteiger partial charge on any atom is 0.243 e. The summed E-state index contributed by atoms with van der Waals surface area (Å²) in [5, 5.41) is 3.18. The third-order valence-electron chi connectivity index (χ3n) is 5.97. The van der Waals surface area contributed by atoms with Crippen LogP contribution in [0.15, 0.2) is 29.2 Å². The third-order valence-corrected chi connectivity index (χ3v) is 7.89. The molecule has 2 atom stereocenters. The van der Waals surface area contributed by atoms with Gasteiger partial charge < -0.3 is 5.32 Å². The van der Waals surface area contributed by atoms with E-state index in [1.165, 1.54) is 19.3 Å². The summed E-state index contributed by atoms with van der Waals surface area (Å²) in [7, 11) is -3.38.